The lowest BCUT2D eigenvalue weighted by atomic mass is 10.1. The third-order valence-corrected chi connectivity index (χ3v) is 4.04. The van der Waals surface area contributed by atoms with Crippen LogP contribution < -0.4 is 5.32 Å². The van der Waals surface area contributed by atoms with Gasteiger partial charge in [0.2, 0.25) is 0 Å². The molecule has 0 saturated carbocycles. The Hall–Kier alpha value is -2.64. The largest absolute Gasteiger partial charge is 0.332 e. The van der Waals surface area contributed by atoms with Crippen LogP contribution in [0.3, 0.4) is 0 Å². The molecule has 0 aliphatic rings. The fraction of sp³-hybridized carbons (Fsp3) is 0.111. The van der Waals surface area contributed by atoms with Gasteiger partial charge in [-0.15, -0.1) is 11.3 Å². The normalized spacial score (nSPS) is 10.2. The van der Waals surface area contributed by atoms with Crippen LogP contribution >= 0.6 is 11.3 Å². The number of aryl methyl sites for hydroxylation is 2. The summed E-state index contributed by atoms with van der Waals surface area (Å²) in [6.07, 6.45) is 0. The van der Waals surface area contributed by atoms with Gasteiger partial charge in [0.1, 0.15) is 0 Å². The summed E-state index contributed by atoms with van der Waals surface area (Å²) in [5, 5.41) is 15.1. The molecule has 0 unspecified atom stereocenters. The van der Waals surface area contributed by atoms with E-state index in [-0.39, 0.29) is 0 Å². The number of hydrogen-bond donors (Lipinski definition) is 1. The molecule has 0 atom stereocenters. The van der Waals surface area contributed by atoms with Crippen molar-refractivity contribution in [2.24, 2.45) is 0 Å². The van der Waals surface area contributed by atoms with Crippen LogP contribution in [0.1, 0.15) is 16.7 Å². The van der Waals surface area contributed by atoms with Crippen LogP contribution in [0.5, 0.6) is 0 Å². The van der Waals surface area contributed by atoms with Crippen LogP contribution in [0.4, 0.5) is 10.8 Å². The first kappa shape index (κ1) is 14.3. The van der Waals surface area contributed by atoms with E-state index < -0.39 is 0 Å². The summed E-state index contributed by atoms with van der Waals surface area (Å²) in [4.78, 5) is 4.62. The summed E-state index contributed by atoms with van der Waals surface area (Å²) in [5.74, 6) is 0. The van der Waals surface area contributed by atoms with Crippen molar-refractivity contribution >= 4 is 22.2 Å². The second-order valence-electron chi connectivity index (χ2n) is 5.23. The minimum Gasteiger partial charge on any atom is -0.332 e. The molecule has 108 valence electrons. The zero-order chi connectivity index (χ0) is 15.5. The molecular weight excluding hydrogens is 290 g/mol. The van der Waals surface area contributed by atoms with E-state index >= 15 is 0 Å². The topological polar surface area (TPSA) is 48.7 Å². The molecule has 1 aromatic heterocycles. The molecule has 0 aliphatic heterocycles. The fourth-order valence-corrected chi connectivity index (χ4v) is 3.09. The molecule has 2 aromatic carbocycles. The molecule has 0 bridgehead atoms. The number of rotatable bonds is 3. The highest BCUT2D eigenvalue weighted by atomic mass is 32.1. The number of thiazole rings is 1. The van der Waals surface area contributed by atoms with E-state index in [1.807, 2.05) is 29.6 Å². The Morgan fingerprint density at radius 3 is 2.36 bits per heavy atom. The molecule has 3 rings (SSSR count). The van der Waals surface area contributed by atoms with E-state index in [0.29, 0.717) is 5.56 Å². The number of anilines is 2. The number of aromatic nitrogens is 1. The summed E-state index contributed by atoms with van der Waals surface area (Å²) in [7, 11) is 0. The van der Waals surface area contributed by atoms with Gasteiger partial charge in [-0.25, -0.2) is 4.98 Å². The number of nitrogens with one attached hydrogen (secondary N) is 1. The van der Waals surface area contributed by atoms with Crippen LogP contribution in [0, 0.1) is 25.2 Å². The number of nitriles is 1. The van der Waals surface area contributed by atoms with Crippen LogP contribution in [-0.4, -0.2) is 4.98 Å². The van der Waals surface area contributed by atoms with Gasteiger partial charge in [-0.1, -0.05) is 18.2 Å². The molecule has 0 spiro atoms. The Kier molecular flexibility index (Phi) is 3.90. The first-order chi connectivity index (χ1) is 10.6. The summed E-state index contributed by atoms with van der Waals surface area (Å²) >= 11 is 1.57. The summed E-state index contributed by atoms with van der Waals surface area (Å²) in [5.41, 5.74) is 6.11. The smallest absolute Gasteiger partial charge is 0.187 e. The van der Waals surface area contributed by atoms with Gasteiger partial charge in [-0.05, 0) is 49.2 Å². The highest BCUT2D eigenvalue weighted by Crippen LogP contribution is 2.28. The van der Waals surface area contributed by atoms with E-state index in [2.05, 4.69) is 48.4 Å². The Balaban J connectivity index is 1.82. The highest BCUT2D eigenvalue weighted by molar-refractivity contribution is 7.14. The van der Waals surface area contributed by atoms with Crippen LogP contribution in [0.15, 0.2) is 47.8 Å². The van der Waals surface area contributed by atoms with E-state index in [1.54, 1.807) is 11.3 Å². The van der Waals surface area contributed by atoms with Crippen molar-refractivity contribution < 1.29 is 0 Å². The zero-order valence-corrected chi connectivity index (χ0v) is 13.2. The van der Waals surface area contributed by atoms with Gasteiger partial charge < -0.3 is 5.32 Å². The monoisotopic (exact) mass is 305 g/mol. The standard InChI is InChI=1S/C18H15N3S/c1-12-7-13(2)9-16(8-12)20-18-21-17(11-22-18)15-5-3-14(10-19)4-6-15/h3-9,11H,1-2H3,(H,20,21). The minimum absolute atomic E-state index is 0.660. The SMILES string of the molecule is Cc1cc(C)cc(Nc2nc(-c3ccc(C#N)cc3)cs2)c1. The van der Waals surface area contributed by atoms with Gasteiger partial charge in [0.05, 0.1) is 17.3 Å². The highest BCUT2D eigenvalue weighted by Gasteiger charge is 2.05. The lowest BCUT2D eigenvalue weighted by Gasteiger charge is -2.05. The van der Waals surface area contributed by atoms with Gasteiger partial charge in [0.25, 0.3) is 0 Å². The second kappa shape index (κ2) is 6.00. The van der Waals surface area contributed by atoms with Crippen molar-refractivity contribution in [1.82, 2.24) is 4.98 Å². The van der Waals surface area contributed by atoms with Crippen molar-refractivity contribution in [1.29, 1.82) is 5.26 Å². The molecule has 4 heteroatoms. The average molecular weight is 305 g/mol. The van der Waals surface area contributed by atoms with Crippen molar-refractivity contribution in [3.05, 3.63) is 64.5 Å². The fourth-order valence-electron chi connectivity index (χ4n) is 2.35. The van der Waals surface area contributed by atoms with Crippen molar-refractivity contribution in [3.63, 3.8) is 0 Å². The maximum absolute atomic E-state index is 8.84. The third kappa shape index (κ3) is 3.16. The predicted molar refractivity (Wildman–Crippen MR) is 91.5 cm³/mol. The Labute approximate surface area is 133 Å². The second-order valence-corrected chi connectivity index (χ2v) is 6.09. The van der Waals surface area contributed by atoms with Crippen LogP contribution in [0.25, 0.3) is 11.3 Å². The van der Waals surface area contributed by atoms with E-state index in [0.717, 1.165) is 22.1 Å². The van der Waals surface area contributed by atoms with Gasteiger partial charge in [-0.2, -0.15) is 5.26 Å². The Morgan fingerprint density at radius 1 is 1.05 bits per heavy atom. The average Bonchev–Trinajstić information content (AvgIpc) is 2.95. The molecule has 0 aliphatic carbocycles. The van der Waals surface area contributed by atoms with Crippen molar-refractivity contribution in [2.75, 3.05) is 5.32 Å². The van der Waals surface area contributed by atoms with Crippen LogP contribution in [-0.2, 0) is 0 Å². The number of hydrogen-bond acceptors (Lipinski definition) is 4. The first-order valence-corrected chi connectivity index (χ1v) is 7.83. The molecule has 0 fully saturated rings. The number of nitrogens with zero attached hydrogens (tertiary/aromatic N) is 2. The molecular formula is C18H15N3S. The van der Waals surface area contributed by atoms with E-state index in [4.69, 9.17) is 5.26 Å². The van der Waals surface area contributed by atoms with Gasteiger partial charge >= 0.3 is 0 Å². The van der Waals surface area contributed by atoms with Crippen LogP contribution in [0.2, 0.25) is 0 Å². The molecule has 22 heavy (non-hydrogen) atoms. The Morgan fingerprint density at radius 2 is 1.73 bits per heavy atom. The zero-order valence-electron chi connectivity index (χ0n) is 12.4. The molecule has 1 heterocycles. The summed E-state index contributed by atoms with van der Waals surface area (Å²) in [6, 6.07) is 16.0. The van der Waals surface area contributed by atoms with Crippen molar-refractivity contribution in [2.45, 2.75) is 13.8 Å². The molecule has 0 radical (unpaired) electrons. The molecule has 3 aromatic rings. The molecule has 0 amide bonds. The lowest BCUT2D eigenvalue weighted by molar-refractivity contribution is 1.35. The quantitative estimate of drug-likeness (QED) is 0.737. The summed E-state index contributed by atoms with van der Waals surface area (Å²) in [6.45, 7) is 4.17. The lowest BCUT2D eigenvalue weighted by Crippen LogP contribution is -1.91. The number of benzene rings is 2. The summed E-state index contributed by atoms with van der Waals surface area (Å²) < 4.78 is 0. The van der Waals surface area contributed by atoms with Gasteiger partial charge in [-0.3, -0.25) is 0 Å². The predicted octanol–water partition coefficient (Wildman–Crippen LogP) is 5.04. The Bertz CT molecular complexity index is 821. The van der Waals surface area contributed by atoms with Gasteiger partial charge in [0.15, 0.2) is 5.13 Å². The van der Waals surface area contributed by atoms with E-state index in [1.165, 1.54) is 11.1 Å². The maximum atomic E-state index is 8.84. The molecule has 0 saturated heterocycles. The van der Waals surface area contributed by atoms with Gasteiger partial charge in [0, 0.05) is 16.6 Å². The molecule has 1 N–H and O–H groups in total. The maximum Gasteiger partial charge on any atom is 0.187 e. The first-order valence-electron chi connectivity index (χ1n) is 6.95. The minimum atomic E-state index is 0.660. The third-order valence-electron chi connectivity index (χ3n) is 3.29. The van der Waals surface area contributed by atoms with E-state index in [9.17, 15) is 0 Å². The molecule has 3 nitrogen and oxygen atoms in total. The van der Waals surface area contributed by atoms with Crippen molar-refractivity contribution in [3.8, 4) is 17.3 Å².